The Morgan fingerprint density at radius 3 is 2.43 bits per heavy atom. The van der Waals surface area contributed by atoms with Crippen molar-refractivity contribution in [2.24, 2.45) is 0 Å². The number of fused-ring (bicyclic) bond motifs is 1. The Morgan fingerprint density at radius 1 is 0.964 bits per heavy atom. The molecule has 1 aromatic carbocycles. The lowest BCUT2D eigenvalue weighted by Crippen LogP contribution is -2.17. The summed E-state index contributed by atoms with van der Waals surface area (Å²) in [5, 5.41) is 8.39. The third-order valence-corrected chi connectivity index (χ3v) is 4.99. The zero-order chi connectivity index (χ0) is 19.7. The molecule has 0 saturated heterocycles. The Balaban J connectivity index is 1.87. The van der Waals surface area contributed by atoms with Crippen LogP contribution in [0.1, 0.15) is 53.9 Å². The number of nitrogens with one attached hydrogen (secondary N) is 1. The second kappa shape index (κ2) is 7.43. The summed E-state index contributed by atoms with van der Waals surface area (Å²) in [6.07, 6.45) is 3.67. The molecule has 0 bridgehead atoms. The van der Waals surface area contributed by atoms with Crippen molar-refractivity contribution in [3.05, 3.63) is 89.0 Å². The Bertz CT molecular complexity index is 1100. The van der Waals surface area contributed by atoms with Crippen LogP contribution in [0.3, 0.4) is 0 Å². The van der Waals surface area contributed by atoms with Gasteiger partial charge in [-0.3, -0.25) is 4.98 Å². The van der Waals surface area contributed by atoms with Crippen molar-refractivity contribution in [2.75, 3.05) is 5.32 Å². The number of aryl methyl sites for hydroxylation is 2. The molecule has 0 amide bonds. The fourth-order valence-electron chi connectivity index (χ4n) is 3.46. The molecule has 1 N–H and O–H groups in total. The molecule has 0 spiro atoms. The molecule has 0 aliphatic carbocycles. The van der Waals surface area contributed by atoms with Gasteiger partial charge in [-0.25, -0.2) is 4.98 Å². The Hall–Kier alpha value is -3.21. The predicted octanol–water partition coefficient (Wildman–Crippen LogP) is 5.07. The van der Waals surface area contributed by atoms with E-state index >= 15 is 0 Å². The van der Waals surface area contributed by atoms with Gasteiger partial charge in [0.05, 0.1) is 11.7 Å². The van der Waals surface area contributed by atoms with E-state index in [-0.39, 0.29) is 6.04 Å². The Morgan fingerprint density at radius 2 is 1.71 bits per heavy atom. The molecule has 4 aromatic rings. The lowest BCUT2D eigenvalue weighted by atomic mass is 9.95. The number of nitrogens with zero attached hydrogens (tertiary/aromatic N) is 4. The molecule has 28 heavy (non-hydrogen) atoms. The number of hydrogen-bond donors (Lipinski definition) is 1. The summed E-state index contributed by atoms with van der Waals surface area (Å²) in [7, 11) is 0. The second-order valence-corrected chi connectivity index (χ2v) is 7.49. The van der Waals surface area contributed by atoms with E-state index in [1.54, 1.807) is 0 Å². The van der Waals surface area contributed by atoms with Gasteiger partial charge in [0, 0.05) is 30.2 Å². The Labute approximate surface area is 165 Å². The van der Waals surface area contributed by atoms with Gasteiger partial charge >= 0.3 is 0 Å². The first-order valence-corrected chi connectivity index (χ1v) is 9.62. The molecular formula is C23H25N5. The van der Waals surface area contributed by atoms with E-state index in [2.05, 4.69) is 78.6 Å². The molecule has 0 aliphatic rings. The molecule has 3 aromatic heterocycles. The van der Waals surface area contributed by atoms with Gasteiger partial charge in [-0.1, -0.05) is 38.1 Å². The quantitative estimate of drug-likeness (QED) is 0.532. The van der Waals surface area contributed by atoms with Crippen LogP contribution in [0.15, 0.2) is 60.9 Å². The van der Waals surface area contributed by atoms with Crippen molar-refractivity contribution >= 4 is 11.5 Å². The minimum Gasteiger partial charge on any atom is -0.359 e. The van der Waals surface area contributed by atoms with Crippen molar-refractivity contribution in [1.29, 1.82) is 0 Å². The van der Waals surface area contributed by atoms with Crippen LogP contribution < -0.4 is 5.32 Å². The minimum absolute atomic E-state index is 0.0145. The first-order chi connectivity index (χ1) is 13.5. The van der Waals surface area contributed by atoms with Crippen LogP contribution in [0.5, 0.6) is 0 Å². The molecule has 0 unspecified atom stereocenters. The van der Waals surface area contributed by atoms with Crippen molar-refractivity contribution in [2.45, 2.75) is 39.7 Å². The van der Waals surface area contributed by atoms with Crippen LogP contribution in [0.2, 0.25) is 0 Å². The van der Waals surface area contributed by atoms with Crippen molar-refractivity contribution < 1.29 is 0 Å². The average molecular weight is 371 g/mol. The highest BCUT2D eigenvalue weighted by molar-refractivity contribution is 5.54. The van der Waals surface area contributed by atoms with Gasteiger partial charge in [0.2, 0.25) is 0 Å². The molecule has 1 atom stereocenters. The smallest absolute Gasteiger partial charge is 0.157 e. The van der Waals surface area contributed by atoms with Crippen LogP contribution in [-0.4, -0.2) is 19.6 Å². The van der Waals surface area contributed by atoms with Crippen LogP contribution >= 0.6 is 0 Å². The normalized spacial score (nSPS) is 12.5. The number of anilines is 1. The fraction of sp³-hybridized carbons (Fsp3) is 0.261. The third-order valence-electron chi connectivity index (χ3n) is 4.99. The lowest BCUT2D eigenvalue weighted by molar-refractivity contribution is 0.799. The van der Waals surface area contributed by atoms with Crippen molar-refractivity contribution in [3.8, 4) is 0 Å². The van der Waals surface area contributed by atoms with E-state index in [4.69, 9.17) is 4.98 Å². The molecule has 4 rings (SSSR count). The highest BCUT2D eigenvalue weighted by Gasteiger charge is 2.19. The van der Waals surface area contributed by atoms with Crippen LogP contribution in [0, 0.1) is 13.8 Å². The van der Waals surface area contributed by atoms with Crippen molar-refractivity contribution in [3.63, 3.8) is 0 Å². The fourth-order valence-corrected chi connectivity index (χ4v) is 3.46. The summed E-state index contributed by atoms with van der Waals surface area (Å²) >= 11 is 0. The zero-order valence-corrected chi connectivity index (χ0v) is 16.7. The zero-order valence-electron chi connectivity index (χ0n) is 16.7. The first kappa shape index (κ1) is 18.2. The van der Waals surface area contributed by atoms with Crippen LogP contribution in [-0.2, 0) is 0 Å². The van der Waals surface area contributed by atoms with E-state index in [1.807, 2.05) is 29.9 Å². The molecule has 5 heteroatoms. The maximum atomic E-state index is 4.78. The third kappa shape index (κ3) is 3.48. The minimum atomic E-state index is -0.0145. The van der Waals surface area contributed by atoms with Crippen molar-refractivity contribution in [1.82, 2.24) is 19.6 Å². The van der Waals surface area contributed by atoms with Crippen LogP contribution in [0.4, 0.5) is 5.82 Å². The van der Waals surface area contributed by atoms with E-state index in [1.165, 1.54) is 11.1 Å². The maximum Gasteiger partial charge on any atom is 0.157 e. The van der Waals surface area contributed by atoms with Gasteiger partial charge in [0.25, 0.3) is 0 Å². The summed E-state index contributed by atoms with van der Waals surface area (Å²) in [5.41, 5.74) is 6.49. The highest BCUT2D eigenvalue weighted by Crippen LogP contribution is 2.30. The molecular weight excluding hydrogens is 346 g/mol. The SMILES string of the molecule is Cc1cc2nc(C(C)C)cc(N[C@H](c3ccncc3)c3ccccc3C)n2n1. The second-order valence-electron chi connectivity index (χ2n) is 7.49. The molecule has 0 aliphatic heterocycles. The first-order valence-electron chi connectivity index (χ1n) is 9.62. The summed E-state index contributed by atoms with van der Waals surface area (Å²) in [6.45, 7) is 8.46. The van der Waals surface area contributed by atoms with Gasteiger partial charge in [-0.05, 0) is 48.6 Å². The van der Waals surface area contributed by atoms with E-state index in [0.717, 1.165) is 28.4 Å². The monoisotopic (exact) mass is 371 g/mol. The summed E-state index contributed by atoms with van der Waals surface area (Å²) in [6, 6.07) is 16.7. The van der Waals surface area contributed by atoms with Gasteiger partial charge in [-0.15, -0.1) is 0 Å². The summed E-state index contributed by atoms with van der Waals surface area (Å²) in [4.78, 5) is 8.96. The van der Waals surface area contributed by atoms with E-state index in [0.29, 0.717) is 5.92 Å². The van der Waals surface area contributed by atoms with Gasteiger partial charge < -0.3 is 5.32 Å². The summed E-state index contributed by atoms with van der Waals surface area (Å²) < 4.78 is 1.90. The number of rotatable bonds is 5. The largest absolute Gasteiger partial charge is 0.359 e. The highest BCUT2D eigenvalue weighted by atomic mass is 15.3. The number of pyridine rings is 1. The number of benzene rings is 1. The molecule has 0 fully saturated rings. The summed E-state index contributed by atoms with van der Waals surface area (Å²) in [5.74, 6) is 1.27. The Kier molecular flexibility index (Phi) is 4.82. The van der Waals surface area contributed by atoms with E-state index < -0.39 is 0 Å². The predicted molar refractivity (Wildman–Crippen MR) is 113 cm³/mol. The molecule has 3 heterocycles. The molecule has 0 saturated carbocycles. The van der Waals surface area contributed by atoms with Gasteiger partial charge in [0.15, 0.2) is 5.65 Å². The topological polar surface area (TPSA) is 55.1 Å². The molecule has 5 nitrogen and oxygen atoms in total. The average Bonchev–Trinajstić information content (AvgIpc) is 3.07. The van der Waals surface area contributed by atoms with E-state index in [9.17, 15) is 0 Å². The molecule has 142 valence electrons. The standard InChI is InChI=1S/C23H25N5/c1-15(2)20-14-22(28-21(25-20)13-17(4)27-28)26-23(18-9-11-24-12-10-18)19-8-6-5-7-16(19)3/h5-15,23,26H,1-4H3/t23-/m1/s1. The van der Waals surface area contributed by atoms with Gasteiger partial charge in [0.1, 0.15) is 5.82 Å². The molecule has 0 radical (unpaired) electrons. The van der Waals surface area contributed by atoms with Crippen LogP contribution in [0.25, 0.3) is 5.65 Å². The van der Waals surface area contributed by atoms with Gasteiger partial charge in [-0.2, -0.15) is 9.61 Å². The number of aromatic nitrogens is 4. The lowest BCUT2D eigenvalue weighted by Gasteiger charge is -2.23. The number of hydrogen-bond acceptors (Lipinski definition) is 4. The maximum absolute atomic E-state index is 4.78.